The Kier molecular flexibility index (Phi) is 5.95. The van der Waals surface area contributed by atoms with E-state index in [0.29, 0.717) is 15.4 Å². The third kappa shape index (κ3) is 3.62. The lowest BCUT2D eigenvalue weighted by Gasteiger charge is -2.10. The number of esters is 1. The predicted octanol–water partition coefficient (Wildman–Crippen LogP) is 3.69. The zero-order chi connectivity index (χ0) is 13.7. The standard InChI is InChI=1S/C12H11Br2FO3/c1-2-6-18-12(17)10(15)11(16)9-7(13)4-3-5-8(9)14/h3-5,10H,2,6H2,1H3. The van der Waals surface area contributed by atoms with Crippen molar-refractivity contribution in [3.05, 3.63) is 32.7 Å². The second-order valence-corrected chi connectivity index (χ2v) is 5.20. The average molecular weight is 382 g/mol. The number of carbonyl (C=O) groups is 2. The van der Waals surface area contributed by atoms with Crippen molar-refractivity contribution in [2.24, 2.45) is 0 Å². The Morgan fingerprint density at radius 2 is 1.89 bits per heavy atom. The summed E-state index contributed by atoms with van der Waals surface area (Å²) in [4.78, 5) is 23.1. The van der Waals surface area contributed by atoms with Crippen molar-refractivity contribution in [3.63, 3.8) is 0 Å². The second kappa shape index (κ2) is 6.99. The van der Waals surface area contributed by atoms with Crippen molar-refractivity contribution in [1.82, 2.24) is 0 Å². The van der Waals surface area contributed by atoms with Gasteiger partial charge in [0.2, 0.25) is 5.78 Å². The molecule has 1 atom stereocenters. The third-order valence-electron chi connectivity index (χ3n) is 2.09. The molecule has 6 heteroatoms. The summed E-state index contributed by atoms with van der Waals surface area (Å²) in [7, 11) is 0. The van der Waals surface area contributed by atoms with Crippen LogP contribution in [0.15, 0.2) is 27.1 Å². The van der Waals surface area contributed by atoms with Gasteiger partial charge in [0.05, 0.1) is 6.61 Å². The van der Waals surface area contributed by atoms with Gasteiger partial charge in [-0.05, 0) is 18.6 Å². The second-order valence-electron chi connectivity index (χ2n) is 3.49. The van der Waals surface area contributed by atoms with Crippen molar-refractivity contribution >= 4 is 43.6 Å². The maximum absolute atomic E-state index is 13.7. The van der Waals surface area contributed by atoms with Gasteiger partial charge in [0.25, 0.3) is 6.17 Å². The van der Waals surface area contributed by atoms with Crippen molar-refractivity contribution < 1.29 is 18.7 Å². The predicted molar refractivity (Wildman–Crippen MR) is 72.3 cm³/mol. The summed E-state index contributed by atoms with van der Waals surface area (Å²) in [6, 6.07) is 4.89. The quantitative estimate of drug-likeness (QED) is 0.444. The molecule has 0 bridgehead atoms. The molecule has 1 rings (SSSR count). The topological polar surface area (TPSA) is 43.4 Å². The first-order valence-electron chi connectivity index (χ1n) is 5.28. The Bertz CT molecular complexity index is 442. The van der Waals surface area contributed by atoms with E-state index in [-0.39, 0.29) is 12.2 Å². The Labute approximate surface area is 121 Å². The van der Waals surface area contributed by atoms with Crippen molar-refractivity contribution in [1.29, 1.82) is 0 Å². The molecule has 0 saturated heterocycles. The molecule has 0 radical (unpaired) electrons. The molecule has 0 saturated carbocycles. The van der Waals surface area contributed by atoms with Gasteiger partial charge < -0.3 is 4.74 Å². The van der Waals surface area contributed by atoms with Crippen LogP contribution in [-0.2, 0) is 9.53 Å². The SMILES string of the molecule is CCCOC(=O)C(F)C(=O)c1c(Br)cccc1Br. The Hall–Kier alpha value is -0.750. The summed E-state index contributed by atoms with van der Waals surface area (Å²) in [6.07, 6.45) is -1.72. The average Bonchev–Trinajstić information content (AvgIpc) is 2.34. The van der Waals surface area contributed by atoms with E-state index in [9.17, 15) is 14.0 Å². The number of ether oxygens (including phenoxy) is 1. The van der Waals surface area contributed by atoms with Crippen molar-refractivity contribution in [2.75, 3.05) is 6.61 Å². The number of halogens is 3. The molecule has 18 heavy (non-hydrogen) atoms. The van der Waals surface area contributed by atoms with Gasteiger partial charge >= 0.3 is 5.97 Å². The van der Waals surface area contributed by atoms with Gasteiger partial charge in [-0.15, -0.1) is 0 Å². The molecular weight excluding hydrogens is 371 g/mol. The number of alkyl halides is 1. The molecule has 0 fully saturated rings. The molecule has 0 aliphatic heterocycles. The molecule has 98 valence electrons. The van der Waals surface area contributed by atoms with Crippen LogP contribution in [0.1, 0.15) is 23.7 Å². The molecule has 0 aromatic heterocycles. The summed E-state index contributed by atoms with van der Waals surface area (Å²) in [5.74, 6) is -2.07. The third-order valence-corrected chi connectivity index (χ3v) is 3.42. The van der Waals surface area contributed by atoms with Gasteiger partial charge in [0, 0.05) is 14.5 Å². The molecule has 1 unspecified atom stereocenters. The molecule has 0 spiro atoms. The number of ketones is 1. The molecule has 1 aromatic rings. The smallest absolute Gasteiger partial charge is 0.349 e. The lowest BCUT2D eigenvalue weighted by molar-refractivity contribution is -0.147. The van der Waals surface area contributed by atoms with E-state index in [1.165, 1.54) is 0 Å². The van der Waals surface area contributed by atoms with Gasteiger partial charge in [-0.2, -0.15) is 0 Å². The van der Waals surface area contributed by atoms with Gasteiger partial charge in [-0.25, -0.2) is 9.18 Å². The minimum Gasteiger partial charge on any atom is -0.463 e. The number of hydrogen-bond acceptors (Lipinski definition) is 3. The van der Waals surface area contributed by atoms with Gasteiger partial charge in [-0.1, -0.05) is 44.8 Å². The van der Waals surface area contributed by atoms with Gasteiger partial charge in [0.15, 0.2) is 0 Å². The zero-order valence-corrected chi connectivity index (χ0v) is 12.8. The lowest BCUT2D eigenvalue weighted by atomic mass is 10.1. The van der Waals surface area contributed by atoms with Crippen molar-refractivity contribution in [2.45, 2.75) is 19.5 Å². The number of hydrogen-bond donors (Lipinski definition) is 0. The van der Waals surface area contributed by atoms with E-state index in [1.807, 2.05) is 0 Å². The number of benzene rings is 1. The maximum Gasteiger partial charge on any atom is 0.349 e. The molecular formula is C12H11Br2FO3. The first kappa shape index (κ1) is 15.3. The zero-order valence-electron chi connectivity index (χ0n) is 9.58. The molecule has 0 amide bonds. The fourth-order valence-electron chi connectivity index (χ4n) is 1.24. The number of carbonyl (C=O) groups excluding carboxylic acids is 2. The number of Topliss-reactive ketones (excluding diaryl/α,β-unsaturated/α-hetero) is 1. The Morgan fingerprint density at radius 3 is 2.39 bits per heavy atom. The molecule has 0 N–H and O–H groups in total. The fraction of sp³-hybridized carbons (Fsp3) is 0.333. The highest BCUT2D eigenvalue weighted by molar-refractivity contribution is 9.11. The van der Waals surface area contributed by atoms with E-state index < -0.39 is 17.9 Å². The normalized spacial score (nSPS) is 12.0. The summed E-state index contributed by atoms with van der Waals surface area (Å²) < 4.78 is 19.2. The van der Waals surface area contributed by atoms with E-state index in [0.717, 1.165) is 0 Å². The van der Waals surface area contributed by atoms with Crippen molar-refractivity contribution in [3.8, 4) is 0 Å². The first-order valence-corrected chi connectivity index (χ1v) is 6.86. The van der Waals surface area contributed by atoms with Crippen LogP contribution in [0, 0.1) is 0 Å². The van der Waals surface area contributed by atoms with Gasteiger partial charge in [0.1, 0.15) is 0 Å². The maximum atomic E-state index is 13.7. The van der Waals surface area contributed by atoms with E-state index in [1.54, 1.807) is 25.1 Å². The van der Waals surface area contributed by atoms with Crippen LogP contribution in [0.3, 0.4) is 0 Å². The van der Waals surface area contributed by atoms with Crippen LogP contribution in [-0.4, -0.2) is 24.5 Å². The highest BCUT2D eigenvalue weighted by Gasteiger charge is 2.31. The van der Waals surface area contributed by atoms with E-state index >= 15 is 0 Å². The molecule has 0 aliphatic rings. The summed E-state index contributed by atoms with van der Waals surface area (Å²) >= 11 is 6.30. The van der Waals surface area contributed by atoms with Crippen LogP contribution in [0.5, 0.6) is 0 Å². The minimum absolute atomic E-state index is 0.0958. The highest BCUT2D eigenvalue weighted by atomic mass is 79.9. The van der Waals surface area contributed by atoms with Crippen LogP contribution < -0.4 is 0 Å². The summed E-state index contributed by atoms with van der Waals surface area (Å²) in [5.41, 5.74) is 0.0958. The molecule has 1 aromatic carbocycles. The van der Waals surface area contributed by atoms with Crippen LogP contribution in [0.4, 0.5) is 4.39 Å². The fourth-order valence-corrected chi connectivity index (χ4v) is 2.63. The minimum atomic E-state index is -2.30. The lowest BCUT2D eigenvalue weighted by Crippen LogP contribution is -2.28. The van der Waals surface area contributed by atoms with Crippen LogP contribution >= 0.6 is 31.9 Å². The molecule has 0 aliphatic carbocycles. The van der Waals surface area contributed by atoms with Gasteiger partial charge in [-0.3, -0.25) is 4.79 Å². The molecule has 3 nitrogen and oxygen atoms in total. The summed E-state index contributed by atoms with van der Waals surface area (Å²) in [6.45, 7) is 1.89. The first-order chi connectivity index (χ1) is 8.49. The van der Waals surface area contributed by atoms with E-state index in [2.05, 4.69) is 36.6 Å². The van der Waals surface area contributed by atoms with E-state index in [4.69, 9.17) is 0 Å². The number of rotatable bonds is 5. The van der Waals surface area contributed by atoms with Crippen LogP contribution in [0.25, 0.3) is 0 Å². The molecule has 0 heterocycles. The Morgan fingerprint density at radius 1 is 1.33 bits per heavy atom. The Balaban J connectivity index is 2.90. The van der Waals surface area contributed by atoms with Crippen LogP contribution in [0.2, 0.25) is 0 Å². The highest BCUT2D eigenvalue weighted by Crippen LogP contribution is 2.27. The monoisotopic (exact) mass is 380 g/mol. The summed E-state index contributed by atoms with van der Waals surface area (Å²) in [5, 5.41) is 0. The largest absolute Gasteiger partial charge is 0.463 e.